The maximum absolute atomic E-state index is 11.9. The number of rotatable bonds is 3. The van der Waals surface area contributed by atoms with Gasteiger partial charge in [-0.1, -0.05) is 18.7 Å². The van der Waals surface area contributed by atoms with Crippen molar-refractivity contribution in [2.24, 2.45) is 23.2 Å². The lowest BCUT2D eigenvalue weighted by atomic mass is 9.71. The lowest BCUT2D eigenvalue weighted by molar-refractivity contribution is -0.155. The molecule has 3 aliphatic rings. The largest absolute Gasteiger partial charge is 0.393 e. The maximum Gasteiger partial charge on any atom is 0.318 e. The molecule has 1 saturated heterocycles. The molecule has 2 aliphatic carbocycles. The van der Waals surface area contributed by atoms with Gasteiger partial charge in [0.1, 0.15) is 0 Å². The van der Waals surface area contributed by atoms with E-state index in [0.717, 1.165) is 0 Å². The molecule has 1 saturated carbocycles. The molecule has 94 valence electrons. The van der Waals surface area contributed by atoms with Gasteiger partial charge in [0.05, 0.1) is 11.8 Å². The third kappa shape index (κ3) is 1.29. The van der Waals surface area contributed by atoms with E-state index in [-0.39, 0.29) is 24.0 Å². The molecule has 0 aromatic heterocycles. The first-order valence-corrected chi connectivity index (χ1v) is 6.08. The Kier molecular flexibility index (Phi) is 2.15. The van der Waals surface area contributed by atoms with Gasteiger partial charge in [0, 0.05) is 11.8 Å². The molecular weight excluding hydrogens is 232 g/mol. The molecule has 0 spiro atoms. The second-order valence-electron chi connectivity index (χ2n) is 5.58. The van der Waals surface area contributed by atoms with Crippen LogP contribution in [-0.4, -0.2) is 17.7 Å². The van der Waals surface area contributed by atoms with Gasteiger partial charge in [-0.15, -0.1) is 0 Å². The quantitative estimate of drug-likeness (QED) is 0.327. The van der Waals surface area contributed by atoms with Crippen LogP contribution in [-0.2, 0) is 19.1 Å². The molecule has 1 aliphatic heterocycles. The number of carbonyl (C=O) groups excluding carboxylic acids is 3. The summed E-state index contributed by atoms with van der Waals surface area (Å²) in [6.07, 6.45) is 4.83. The number of allylic oxidation sites excluding steroid dienone is 3. The van der Waals surface area contributed by atoms with Crippen molar-refractivity contribution in [3.8, 4) is 0 Å². The van der Waals surface area contributed by atoms with E-state index in [1.54, 1.807) is 6.92 Å². The Morgan fingerprint density at radius 1 is 1.50 bits per heavy atom. The predicted octanol–water partition coefficient (Wildman–Crippen LogP) is 1.41. The average molecular weight is 246 g/mol. The number of Topliss-reactive ketones (excluding diaryl/α,β-unsaturated/α-hetero) is 1. The van der Waals surface area contributed by atoms with Crippen molar-refractivity contribution in [3.05, 3.63) is 24.3 Å². The number of cyclic esters (lactones) is 2. The predicted molar refractivity (Wildman–Crippen MR) is 62.2 cm³/mol. The summed E-state index contributed by atoms with van der Waals surface area (Å²) in [6, 6.07) is 0. The molecule has 3 rings (SSSR count). The zero-order chi connectivity index (χ0) is 13.1. The minimum absolute atomic E-state index is 0.0480. The Bertz CT molecular complexity index is 516. The van der Waals surface area contributed by atoms with Crippen LogP contribution in [0.4, 0.5) is 0 Å². The second kappa shape index (κ2) is 3.40. The molecule has 0 aromatic carbocycles. The number of carbonyl (C=O) groups is 3. The van der Waals surface area contributed by atoms with E-state index in [0.29, 0.717) is 12.0 Å². The summed E-state index contributed by atoms with van der Waals surface area (Å²) >= 11 is 0. The zero-order valence-corrected chi connectivity index (χ0v) is 10.1. The van der Waals surface area contributed by atoms with Crippen LogP contribution in [0.5, 0.6) is 0 Å². The van der Waals surface area contributed by atoms with Gasteiger partial charge in [-0.2, -0.15) is 0 Å². The summed E-state index contributed by atoms with van der Waals surface area (Å²) in [5, 5.41) is 0. The molecule has 0 aromatic rings. The van der Waals surface area contributed by atoms with Crippen molar-refractivity contribution >= 4 is 17.7 Å². The third-order valence-corrected chi connectivity index (χ3v) is 4.42. The fraction of sp³-hybridized carbons (Fsp3) is 0.500. The summed E-state index contributed by atoms with van der Waals surface area (Å²) in [7, 11) is 0. The fourth-order valence-electron chi connectivity index (χ4n) is 3.59. The summed E-state index contributed by atoms with van der Waals surface area (Å²) in [6.45, 7) is 5.31. The molecule has 2 bridgehead atoms. The number of hydrogen-bond donors (Lipinski definition) is 0. The van der Waals surface area contributed by atoms with E-state index in [9.17, 15) is 14.4 Å². The van der Waals surface area contributed by atoms with Gasteiger partial charge in [-0.25, -0.2) is 0 Å². The highest BCUT2D eigenvalue weighted by Gasteiger charge is 2.65. The van der Waals surface area contributed by atoms with E-state index in [2.05, 4.69) is 6.58 Å². The van der Waals surface area contributed by atoms with Crippen LogP contribution >= 0.6 is 0 Å². The first-order chi connectivity index (χ1) is 8.44. The molecule has 2 fully saturated rings. The molecule has 1 heterocycles. The summed E-state index contributed by atoms with van der Waals surface area (Å²) in [5.74, 6) is -1.74. The van der Waals surface area contributed by atoms with E-state index in [4.69, 9.17) is 4.74 Å². The molecular formula is C14H14O4. The summed E-state index contributed by atoms with van der Waals surface area (Å²) < 4.78 is 4.72. The molecule has 4 heteroatoms. The standard InChI is InChI=1S/C14H14O4/c1-7(2)9(15)6-14-4-3-8(5-14)10-11(14)13(17)18-12(10)16/h3-4,8,10-11H,1,5-6H2,2H3. The van der Waals surface area contributed by atoms with Crippen LogP contribution in [0.15, 0.2) is 24.3 Å². The van der Waals surface area contributed by atoms with E-state index in [1.165, 1.54) is 0 Å². The maximum atomic E-state index is 11.9. The average Bonchev–Trinajstić information content (AvgIpc) is 2.90. The SMILES string of the molecule is C=C(C)C(=O)CC12C=CC(C1)C1C(=O)OC(=O)C12. The summed E-state index contributed by atoms with van der Waals surface area (Å²) in [4.78, 5) is 35.3. The minimum Gasteiger partial charge on any atom is -0.393 e. The Morgan fingerprint density at radius 3 is 2.89 bits per heavy atom. The first-order valence-electron chi connectivity index (χ1n) is 6.08. The Labute approximate surface area is 105 Å². The van der Waals surface area contributed by atoms with Crippen LogP contribution in [0.3, 0.4) is 0 Å². The van der Waals surface area contributed by atoms with E-state index >= 15 is 0 Å². The van der Waals surface area contributed by atoms with Crippen molar-refractivity contribution in [3.63, 3.8) is 0 Å². The van der Waals surface area contributed by atoms with Gasteiger partial charge in [-0.3, -0.25) is 14.4 Å². The lowest BCUT2D eigenvalue weighted by Gasteiger charge is -2.28. The van der Waals surface area contributed by atoms with Gasteiger partial charge in [0.25, 0.3) is 0 Å². The minimum atomic E-state index is -0.519. The smallest absolute Gasteiger partial charge is 0.318 e. The molecule has 4 nitrogen and oxygen atoms in total. The number of ketones is 1. The fourth-order valence-corrected chi connectivity index (χ4v) is 3.59. The van der Waals surface area contributed by atoms with Crippen molar-refractivity contribution in [1.29, 1.82) is 0 Å². The van der Waals surface area contributed by atoms with Crippen molar-refractivity contribution in [1.82, 2.24) is 0 Å². The van der Waals surface area contributed by atoms with Gasteiger partial charge < -0.3 is 4.74 Å². The number of esters is 2. The van der Waals surface area contributed by atoms with Crippen LogP contribution < -0.4 is 0 Å². The van der Waals surface area contributed by atoms with E-state index < -0.39 is 23.3 Å². The highest BCUT2D eigenvalue weighted by atomic mass is 16.6. The highest BCUT2D eigenvalue weighted by Crippen LogP contribution is 2.61. The van der Waals surface area contributed by atoms with Crippen LogP contribution in [0, 0.1) is 23.2 Å². The third-order valence-electron chi connectivity index (χ3n) is 4.42. The monoisotopic (exact) mass is 246 g/mol. The number of fused-ring (bicyclic) bond motifs is 5. The molecule has 4 unspecified atom stereocenters. The molecule has 4 atom stereocenters. The van der Waals surface area contributed by atoms with Crippen molar-refractivity contribution in [2.45, 2.75) is 19.8 Å². The van der Waals surface area contributed by atoms with Gasteiger partial charge in [0.2, 0.25) is 0 Å². The molecule has 0 N–H and O–H groups in total. The Morgan fingerprint density at radius 2 is 2.22 bits per heavy atom. The van der Waals surface area contributed by atoms with Crippen LogP contribution in [0.25, 0.3) is 0 Å². The van der Waals surface area contributed by atoms with Crippen molar-refractivity contribution < 1.29 is 19.1 Å². The molecule has 18 heavy (non-hydrogen) atoms. The van der Waals surface area contributed by atoms with E-state index in [1.807, 2.05) is 12.2 Å². The molecule has 0 radical (unpaired) electrons. The lowest BCUT2D eigenvalue weighted by Crippen LogP contribution is -2.33. The molecule has 0 amide bonds. The van der Waals surface area contributed by atoms with Crippen molar-refractivity contribution in [2.75, 3.05) is 0 Å². The topological polar surface area (TPSA) is 60.4 Å². The van der Waals surface area contributed by atoms with Gasteiger partial charge in [-0.05, 0) is 24.8 Å². The highest BCUT2D eigenvalue weighted by molar-refractivity contribution is 6.00. The summed E-state index contributed by atoms with van der Waals surface area (Å²) in [5.41, 5.74) is -0.0309. The number of ether oxygens (including phenoxy) is 1. The Balaban J connectivity index is 1.96. The number of hydrogen-bond acceptors (Lipinski definition) is 4. The zero-order valence-electron chi connectivity index (χ0n) is 10.1. The Hall–Kier alpha value is -1.71. The van der Waals surface area contributed by atoms with Crippen LogP contribution in [0.1, 0.15) is 19.8 Å². The van der Waals surface area contributed by atoms with Gasteiger partial charge >= 0.3 is 11.9 Å². The normalized spacial score (nSPS) is 39.9. The van der Waals surface area contributed by atoms with Crippen LogP contribution in [0.2, 0.25) is 0 Å². The first kappa shape index (κ1) is 11.4. The van der Waals surface area contributed by atoms with Gasteiger partial charge in [0.15, 0.2) is 5.78 Å². The second-order valence-corrected chi connectivity index (χ2v) is 5.58.